The quantitative estimate of drug-likeness (QED) is 0.511. The van der Waals surface area contributed by atoms with Crippen LogP contribution in [0.5, 0.6) is 0 Å². The molecule has 0 aliphatic carbocycles. The van der Waals surface area contributed by atoms with Gasteiger partial charge in [0.05, 0.1) is 15.6 Å². The van der Waals surface area contributed by atoms with Crippen molar-refractivity contribution in [3.63, 3.8) is 0 Å². The molecular formula is C21H20Cl2F3N3. The molecular weight excluding hydrogens is 422 g/mol. The number of likely N-dealkylation sites (N-methyl/N-ethyl adjacent to an activating group) is 1. The molecule has 0 radical (unpaired) electrons. The van der Waals surface area contributed by atoms with Crippen LogP contribution in [-0.4, -0.2) is 42.7 Å². The molecule has 8 heteroatoms. The minimum atomic E-state index is -4.46. The molecule has 0 N–H and O–H groups in total. The van der Waals surface area contributed by atoms with Gasteiger partial charge in [0, 0.05) is 43.8 Å². The van der Waals surface area contributed by atoms with Gasteiger partial charge in [0.1, 0.15) is 5.69 Å². The molecule has 0 saturated carbocycles. The van der Waals surface area contributed by atoms with Crippen molar-refractivity contribution in [2.75, 3.05) is 38.1 Å². The Labute approximate surface area is 177 Å². The summed E-state index contributed by atoms with van der Waals surface area (Å²) >= 11 is 12.0. The van der Waals surface area contributed by atoms with Crippen LogP contribution in [0.3, 0.4) is 0 Å². The lowest BCUT2D eigenvalue weighted by Crippen LogP contribution is -2.44. The smallest absolute Gasteiger partial charge is 0.368 e. The van der Waals surface area contributed by atoms with Gasteiger partial charge in [-0.1, -0.05) is 35.3 Å². The van der Waals surface area contributed by atoms with Gasteiger partial charge < -0.3 is 14.4 Å². The van der Waals surface area contributed by atoms with Gasteiger partial charge in [-0.15, -0.1) is 0 Å². The third kappa shape index (κ3) is 4.06. The van der Waals surface area contributed by atoms with E-state index in [0.717, 1.165) is 31.9 Å². The van der Waals surface area contributed by atoms with Crippen molar-refractivity contribution in [2.45, 2.75) is 12.7 Å². The molecule has 1 fully saturated rings. The van der Waals surface area contributed by atoms with Crippen LogP contribution in [0.1, 0.15) is 11.3 Å². The normalized spacial score (nSPS) is 16.0. The molecule has 3 nitrogen and oxygen atoms in total. The SMILES string of the molecule is CN1CCN(c2cccc3c2cc(C(F)(F)F)n3Cc2ccc(Cl)c(Cl)c2)CC1. The third-order valence-corrected chi connectivity index (χ3v) is 6.12. The molecule has 1 saturated heterocycles. The van der Waals surface area contributed by atoms with Gasteiger partial charge in [-0.3, -0.25) is 0 Å². The minimum absolute atomic E-state index is 0.0570. The molecule has 1 aliphatic heterocycles. The number of benzene rings is 2. The predicted octanol–water partition coefficient (Wildman–Crippen LogP) is 5.77. The Morgan fingerprint density at radius 2 is 1.66 bits per heavy atom. The number of hydrogen-bond donors (Lipinski definition) is 0. The second-order valence-corrected chi connectivity index (χ2v) is 8.18. The van der Waals surface area contributed by atoms with E-state index in [-0.39, 0.29) is 6.54 Å². The average molecular weight is 442 g/mol. The van der Waals surface area contributed by atoms with Crippen molar-refractivity contribution in [1.29, 1.82) is 0 Å². The molecule has 2 aromatic carbocycles. The van der Waals surface area contributed by atoms with E-state index < -0.39 is 11.9 Å². The highest BCUT2D eigenvalue weighted by Gasteiger charge is 2.36. The molecule has 0 bridgehead atoms. The Morgan fingerprint density at radius 3 is 2.31 bits per heavy atom. The number of aromatic nitrogens is 1. The number of hydrogen-bond acceptors (Lipinski definition) is 2. The summed E-state index contributed by atoms with van der Waals surface area (Å²) in [4.78, 5) is 4.37. The first-order valence-corrected chi connectivity index (χ1v) is 10.1. The second-order valence-electron chi connectivity index (χ2n) is 7.36. The summed E-state index contributed by atoms with van der Waals surface area (Å²) in [5.74, 6) is 0. The van der Waals surface area contributed by atoms with Gasteiger partial charge in [-0.05, 0) is 42.9 Å². The fourth-order valence-corrected chi connectivity index (χ4v) is 4.14. The summed E-state index contributed by atoms with van der Waals surface area (Å²) in [5.41, 5.74) is 1.39. The number of anilines is 1. The maximum Gasteiger partial charge on any atom is 0.431 e. The van der Waals surface area contributed by atoms with Crippen molar-refractivity contribution in [3.05, 3.63) is 63.8 Å². The van der Waals surface area contributed by atoms with E-state index in [1.54, 1.807) is 24.3 Å². The Balaban J connectivity index is 1.82. The zero-order chi connectivity index (χ0) is 20.8. The summed E-state index contributed by atoms with van der Waals surface area (Å²) in [7, 11) is 2.05. The second kappa shape index (κ2) is 7.74. The highest BCUT2D eigenvalue weighted by Crippen LogP contribution is 2.38. The van der Waals surface area contributed by atoms with E-state index in [1.807, 2.05) is 19.2 Å². The Kier molecular flexibility index (Phi) is 5.44. The first-order chi connectivity index (χ1) is 13.7. The van der Waals surface area contributed by atoms with Crippen LogP contribution in [0.25, 0.3) is 10.9 Å². The number of fused-ring (bicyclic) bond motifs is 1. The van der Waals surface area contributed by atoms with Gasteiger partial charge in [0.25, 0.3) is 0 Å². The summed E-state index contributed by atoms with van der Waals surface area (Å²) in [5, 5.41) is 1.32. The van der Waals surface area contributed by atoms with Crippen molar-refractivity contribution >= 4 is 39.8 Å². The first-order valence-electron chi connectivity index (χ1n) is 9.31. The zero-order valence-electron chi connectivity index (χ0n) is 15.8. The standard InChI is InChI=1S/C21H20Cl2F3N3/c1-27-7-9-28(10-8-27)18-3-2-4-19-15(18)12-20(21(24,25)26)29(19)13-14-5-6-16(22)17(23)11-14/h2-6,11-12H,7-10,13H2,1H3. The van der Waals surface area contributed by atoms with Crippen LogP contribution in [-0.2, 0) is 12.7 Å². The van der Waals surface area contributed by atoms with E-state index in [9.17, 15) is 13.2 Å². The van der Waals surface area contributed by atoms with Crippen LogP contribution < -0.4 is 4.90 Å². The minimum Gasteiger partial charge on any atom is -0.368 e. The summed E-state index contributed by atoms with van der Waals surface area (Å²) in [6, 6.07) is 11.6. The Hall–Kier alpha value is -1.89. The predicted molar refractivity (Wildman–Crippen MR) is 112 cm³/mol. The molecule has 2 heterocycles. The molecule has 1 aliphatic rings. The lowest BCUT2D eigenvalue weighted by atomic mass is 10.1. The molecule has 0 atom stereocenters. The number of piperazine rings is 1. The zero-order valence-corrected chi connectivity index (χ0v) is 17.3. The van der Waals surface area contributed by atoms with Gasteiger partial charge in [0.2, 0.25) is 0 Å². The Bertz CT molecular complexity index is 1040. The van der Waals surface area contributed by atoms with Crippen molar-refractivity contribution in [2.24, 2.45) is 0 Å². The molecule has 1 aromatic heterocycles. The molecule has 0 spiro atoms. The lowest BCUT2D eigenvalue weighted by molar-refractivity contribution is -0.143. The fraction of sp³-hybridized carbons (Fsp3) is 0.333. The maximum absolute atomic E-state index is 13.9. The lowest BCUT2D eigenvalue weighted by Gasteiger charge is -2.34. The van der Waals surface area contributed by atoms with Gasteiger partial charge in [0.15, 0.2) is 0 Å². The largest absolute Gasteiger partial charge is 0.431 e. The maximum atomic E-state index is 13.9. The molecule has 29 heavy (non-hydrogen) atoms. The molecule has 0 unspecified atom stereocenters. The number of halogens is 5. The average Bonchev–Trinajstić information content (AvgIpc) is 3.04. The van der Waals surface area contributed by atoms with E-state index in [2.05, 4.69) is 9.80 Å². The van der Waals surface area contributed by atoms with Gasteiger partial charge >= 0.3 is 6.18 Å². The van der Waals surface area contributed by atoms with Crippen molar-refractivity contribution < 1.29 is 13.2 Å². The van der Waals surface area contributed by atoms with Crippen LogP contribution >= 0.6 is 23.2 Å². The van der Waals surface area contributed by atoms with Crippen molar-refractivity contribution in [3.8, 4) is 0 Å². The molecule has 154 valence electrons. The van der Waals surface area contributed by atoms with Gasteiger partial charge in [-0.25, -0.2) is 0 Å². The van der Waals surface area contributed by atoms with Crippen molar-refractivity contribution in [1.82, 2.24) is 9.47 Å². The summed E-state index contributed by atoms with van der Waals surface area (Å²) in [6.45, 7) is 3.39. The summed E-state index contributed by atoms with van der Waals surface area (Å²) < 4.78 is 42.9. The topological polar surface area (TPSA) is 11.4 Å². The molecule has 3 aromatic rings. The van der Waals surface area contributed by atoms with Crippen LogP contribution in [0, 0.1) is 0 Å². The number of nitrogens with zero attached hydrogens (tertiary/aromatic N) is 3. The fourth-order valence-electron chi connectivity index (χ4n) is 3.82. The third-order valence-electron chi connectivity index (χ3n) is 5.38. The van der Waals surface area contributed by atoms with Crippen LogP contribution in [0.15, 0.2) is 42.5 Å². The summed E-state index contributed by atoms with van der Waals surface area (Å²) in [6.07, 6.45) is -4.46. The van der Waals surface area contributed by atoms with E-state index in [4.69, 9.17) is 23.2 Å². The first kappa shape index (κ1) is 20.4. The van der Waals surface area contributed by atoms with Gasteiger partial charge in [-0.2, -0.15) is 13.2 Å². The van der Waals surface area contributed by atoms with E-state index in [0.29, 0.717) is 26.5 Å². The monoisotopic (exact) mass is 441 g/mol. The Morgan fingerprint density at radius 1 is 0.931 bits per heavy atom. The molecule has 0 amide bonds. The van der Waals surface area contributed by atoms with Crippen LogP contribution in [0.2, 0.25) is 10.0 Å². The number of alkyl halides is 3. The van der Waals surface area contributed by atoms with Crippen LogP contribution in [0.4, 0.5) is 18.9 Å². The molecule has 4 rings (SSSR count). The number of rotatable bonds is 3. The highest BCUT2D eigenvalue weighted by molar-refractivity contribution is 6.42. The highest BCUT2D eigenvalue weighted by atomic mass is 35.5. The van der Waals surface area contributed by atoms with E-state index >= 15 is 0 Å². The van der Waals surface area contributed by atoms with E-state index in [1.165, 1.54) is 10.6 Å².